The molecule has 0 aromatic heterocycles. The van der Waals surface area contributed by atoms with Crippen LogP contribution >= 0.6 is 0 Å². The van der Waals surface area contributed by atoms with Crippen molar-refractivity contribution in [2.24, 2.45) is 10.8 Å². The van der Waals surface area contributed by atoms with Gasteiger partial charge in [-0.2, -0.15) is 0 Å². The molecule has 0 aliphatic rings. The first-order valence-electron chi connectivity index (χ1n) is 8.91. The van der Waals surface area contributed by atoms with E-state index in [-0.39, 0.29) is 23.0 Å². The number of carbonyl (C=O) groups excluding carboxylic acids is 2. The van der Waals surface area contributed by atoms with E-state index in [0.29, 0.717) is 25.7 Å². The minimum Gasteiger partial charge on any atom is -0.393 e. The van der Waals surface area contributed by atoms with Crippen LogP contribution in [0, 0.1) is 10.8 Å². The van der Waals surface area contributed by atoms with Crippen molar-refractivity contribution in [2.75, 3.05) is 0 Å². The lowest BCUT2D eigenvalue weighted by atomic mass is 9.87. The van der Waals surface area contributed by atoms with Crippen LogP contribution in [0.4, 0.5) is 0 Å². The first-order valence-corrected chi connectivity index (χ1v) is 8.91. The molecule has 0 radical (unpaired) electrons. The van der Waals surface area contributed by atoms with E-state index in [1.807, 2.05) is 27.7 Å². The average Bonchev–Trinajstić information content (AvgIpc) is 2.47. The summed E-state index contributed by atoms with van der Waals surface area (Å²) in [7, 11) is 0. The summed E-state index contributed by atoms with van der Waals surface area (Å²) in [5.74, 6) is 0. The summed E-state index contributed by atoms with van der Waals surface area (Å²) < 4.78 is 0. The van der Waals surface area contributed by atoms with E-state index in [1.165, 1.54) is 0 Å². The predicted octanol–water partition coefficient (Wildman–Crippen LogP) is 3.67. The van der Waals surface area contributed by atoms with Gasteiger partial charge in [-0.15, -0.1) is 0 Å². The molecule has 4 nitrogen and oxygen atoms in total. The highest BCUT2D eigenvalue weighted by atomic mass is 16.3. The van der Waals surface area contributed by atoms with Gasteiger partial charge in [0, 0.05) is 10.8 Å². The van der Waals surface area contributed by atoms with Crippen LogP contribution in [0.1, 0.15) is 85.5 Å². The van der Waals surface area contributed by atoms with Gasteiger partial charge in [-0.25, -0.2) is 0 Å². The zero-order chi connectivity index (χ0) is 17.9. The van der Waals surface area contributed by atoms with Crippen LogP contribution in [0.3, 0.4) is 0 Å². The van der Waals surface area contributed by atoms with E-state index < -0.39 is 0 Å². The van der Waals surface area contributed by atoms with Crippen molar-refractivity contribution in [1.82, 2.24) is 0 Å². The quantitative estimate of drug-likeness (QED) is 0.477. The van der Waals surface area contributed by atoms with Crippen molar-refractivity contribution in [3.63, 3.8) is 0 Å². The zero-order valence-corrected chi connectivity index (χ0v) is 15.4. The Morgan fingerprint density at radius 2 is 1.00 bits per heavy atom. The smallest absolute Gasteiger partial charge is 0.125 e. The highest BCUT2D eigenvalue weighted by Crippen LogP contribution is 2.23. The molecule has 0 saturated carbocycles. The Hall–Kier alpha value is -0.740. The monoisotopic (exact) mass is 328 g/mol. The molecule has 0 aromatic carbocycles. The Bertz CT molecular complexity index is 304. The molecule has 0 fully saturated rings. The summed E-state index contributed by atoms with van der Waals surface area (Å²) in [5.41, 5.74) is -0.601. The maximum Gasteiger partial charge on any atom is 0.125 e. The molecule has 0 bridgehead atoms. The third-order valence-electron chi connectivity index (χ3n) is 4.43. The molecule has 0 rings (SSSR count). The van der Waals surface area contributed by atoms with Gasteiger partial charge in [0.2, 0.25) is 0 Å². The van der Waals surface area contributed by atoms with Gasteiger partial charge in [0.1, 0.15) is 12.6 Å². The lowest BCUT2D eigenvalue weighted by Gasteiger charge is -2.19. The van der Waals surface area contributed by atoms with E-state index in [9.17, 15) is 19.8 Å². The molecule has 0 heterocycles. The number of hydrogen-bond acceptors (Lipinski definition) is 4. The fraction of sp³-hybridized carbons (Fsp3) is 0.895. The minimum atomic E-state index is -0.348. The lowest BCUT2D eigenvalue weighted by Crippen LogP contribution is -2.16. The summed E-state index contributed by atoms with van der Waals surface area (Å²) in [6, 6.07) is 0. The third kappa shape index (κ3) is 12.4. The highest BCUT2D eigenvalue weighted by Gasteiger charge is 2.18. The number of rotatable bonds is 14. The van der Waals surface area contributed by atoms with Crippen molar-refractivity contribution >= 4 is 12.6 Å². The molecule has 0 aromatic rings. The van der Waals surface area contributed by atoms with Gasteiger partial charge in [-0.05, 0) is 57.8 Å². The Morgan fingerprint density at radius 1 is 0.696 bits per heavy atom. The van der Waals surface area contributed by atoms with E-state index in [0.717, 1.165) is 44.7 Å². The Balaban J connectivity index is 3.68. The first kappa shape index (κ1) is 22.3. The zero-order valence-electron chi connectivity index (χ0n) is 15.4. The van der Waals surface area contributed by atoms with E-state index in [1.54, 1.807) is 0 Å². The molecule has 0 aliphatic carbocycles. The third-order valence-corrected chi connectivity index (χ3v) is 4.43. The second-order valence-electron chi connectivity index (χ2n) is 8.24. The fourth-order valence-electron chi connectivity index (χ4n) is 2.58. The maximum absolute atomic E-state index is 10.8. The van der Waals surface area contributed by atoms with E-state index in [2.05, 4.69) is 0 Å². The van der Waals surface area contributed by atoms with Crippen LogP contribution in [-0.4, -0.2) is 35.0 Å². The highest BCUT2D eigenvalue weighted by molar-refractivity contribution is 5.57. The number of aliphatic hydroxyl groups excluding tert-OH is 2. The predicted molar refractivity (Wildman–Crippen MR) is 93.3 cm³/mol. The maximum atomic E-state index is 10.8. The van der Waals surface area contributed by atoms with Crippen molar-refractivity contribution in [1.29, 1.82) is 0 Å². The van der Waals surface area contributed by atoms with Crippen LogP contribution in [-0.2, 0) is 9.59 Å². The molecular weight excluding hydrogens is 292 g/mol. The summed E-state index contributed by atoms with van der Waals surface area (Å²) in [4.78, 5) is 21.6. The van der Waals surface area contributed by atoms with Crippen LogP contribution in [0.5, 0.6) is 0 Å². The summed E-state index contributed by atoms with van der Waals surface area (Å²) in [5, 5.41) is 19.9. The Kier molecular flexibility index (Phi) is 10.6. The largest absolute Gasteiger partial charge is 0.393 e. The summed E-state index contributed by atoms with van der Waals surface area (Å²) in [6.45, 7) is 7.65. The molecule has 2 atom stereocenters. The number of carbonyl (C=O) groups is 2. The summed E-state index contributed by atoms with van der Waals surface area (Å²) in [6.07, 6.45) is 8.13. The minimum absolute atomic E-state index is 0.300. The Labute approximate surface area is 141 Å². The van der Waals surface area contributed by atoms with E-state index >= 15 is 0 Å². The molecule has 0 amide bonds. The van der Waals surface area contributed by atoms with Crippen LogP contribution in [0.15, 0.2) is 0 Å². The Morgan fingerprint density at radius 3 is 1.30 bits per heavy atom. The SMILES string of the molecule is CC(C)(C=O)CCCC(O)CCCC(O)CCCC(C)(C)C=O. The average molecular weight is 328 g/mol. The van der Waals surface area contributed by atoms with Gasteiger partial charge in [0.05, 0.1) is 12.2 Å². The molecule has 0 spiro atoms. The fourth-order valence-corrected chi connectivity index (χ4v) is 2.58. The first-order chi connectivity index (χ1) is 10.6. The second kappa shape index (κ2) is 10.9. The van der Waals surface area contributed by atoms with E-state index in [4.69, 9.17) is 0 Å². The second-order valence-corrected chi connectivity index (χ2v) is 8.24. The molecule has 2 N–H and O–H groups in total. The van der Waals surface area contributed by atoms with Gasteiger partial charge < -0.3 is 19.8 Å². The van der Waals surface area contributed by atoms with Crippen LogP contribution < -0.4 is 0 Å². The molecule has 23 heavy (non-hydrogen) atoms. The topological polar surface area (TPSA) is 74.6 Å². The molecule has 2 unspecified atom stereocenters. The van der Waals surface area contributed by atoms with Gasteiger partial charge in [0.25, 0.3) is 0 Å². The molecule has 136 valence electrons. The lowest BCUT2D eigenvalue weighted by molar-refractivity contribution is -0.115. The van der Waals surface area contributed by atoms with Crippen molar-refractivity contribution in [3.8, 4) is 0 Å². The summed E-state index contributed by atoms with van der Waals surface area (Å²) >= 11 is 0. The molecular formula is C19H36O4. The number of aliphatic hydroxyl groups is 2. The standard InChI is InChI=1S/C19H36O4/c1-18(2,14-20)12-6-10-16(22)8-5-9-17(23)11-7-13-19(3,4)15-21/h14-17,22-23H,5-13H2,1-4H3. The molecule has 4 heteroatoms. The molecule has 0 aliphatic heterocycles. The van der Waals surface area contributed by atoms with Crippen molar-refractivity contribution in [2.45, 2.75) is 97.7 Å². The number of aldehydes is 2. The van der Waals surface area contributed by atoms with Crippen LogP contribution in [0.2, 0.25) is 0 Å². The van der Waals surface area contributed by atoms with Gasteiger partial charge in [-0.1, -0.05) is 27.7 Å². The number of hydrogen-bond donors (Lipinski definition) is 2. The van der Waals surface area contributed by atoms with Crippen LogP contribution in [0.25, 0.3) is 0 Å². The van der Waals surface area contributed by atoms with Gasteiger partial charge >= 0.3 is 0 Å². The van der Waals surface area contributed by atoms with Crippen molar-refractivity contribution < 1.29 is 19.8 Å². The van der Waals surface area contributed by atoms with Crippen molar-refractivity contribution in [3.05, 3.63) is 0 Å². The van der Waals surface area contributed by atoms with Gasteiger partial charge in [-0.3, -0.25) is 0 Å². The van der Waals surface area contributed by atoms with Gasteiger partial charge in [0.15, 0.2) is 0 Å². The normalized spacial score (nSPS) is 15.2. The molecule has 0 saturated heterocycles.